The highest BCUT2D eigenvalue weighted by molar-refractivity contribution is 6.30. The van der Waals surface area contributed by atoms with Crippen LogP contribution in [0.3, 0.4) is 0 Å². The highest BCUT2D eigenvalue weighted by Crippen LogP contribution is 2.41. The molecule has 0 saturated carbocycles. The van der Waals surface area contributed by atoms with E-state index in [9.17, 15) is 4.79 Å². The van der Waals surface area contributed by atoms with Crippen LogP contribution < -0.4 is 4.90 Å². The van der Waals surface area contributed by atoms with E-state index < -0.39 is 0 Å². The lowest BCUT2D eigenvalue weighted by Gasteiger charge is -2.32. The lowest BCUT2D eigenvalue weighted by atomic mass is 9.87. The summed E-state index contributed by atoms with van der Waals surface area (Å²) in [4.78, 5) is 24.8. The van der Waals surface area contributed by atoms with E-state index in [0.717, 1.165) is 59.9 Å². The third kappa shape index (κ3) is 3.43. The second kappa shape index (κ2) is 7.72. The SMILES string of the molecule is CC(=O)N1Cc2cc(Cl)ccc2-c2c(C3CCN(c4cnccn4)CC3)noc2C1. The lowest BCUT2D eigenvalue weighted by Crippen LogP contribution is -2.33. The first-order valence-electron chi connectivity index (χ1n) is 10.1. The minimum absolute atomic E-state index is 0.00371. The molecule has 7 nitrogen and oxygen atoms in total. The molecule has 30 heavy (non-hydrogen) atoms. The van der Waals surface area contributed by atoms with Crippen molar-refractivity contribution in [3.05, 3.63) is 58.8 Å². The van der Waals surface area contributed by atoms with Crippen LogP contribution >= 0.6 is 11.6 Å². The fraction of sp³-hybridized carbons (Fsp3) is 0.364. The van der Waals surface area contributed by atoms with Crippen molar-refractivity contribution in [2.75, 3.05) is 18.0 Å². The van der Waals surface area contributed by atoms with Crippen molar-refractivity contribution in [2.45, 2.75) is 38.8 Å². The van der Waals surface area contributed by atoms with Crippen LogP contribution in [0, 0.1) is 0 Å². The zero-order valence-corrected chi connectivity index (χ0v) is 17.5. The molecule has 0 bridgehead atoms. The minimum atomic E-state index is 0.00371. The molecule has 3 aromatic rings. The van der Waals surface area contributed by atoms with Gasteiger partial charge in [0.2, 0.25) is 5.91 Å². The van der Waals surface area contributed by atoms with Crippen LogP contribution in [0.2, 0.25) is 5.02 Å². The Bertz CT molecular complexity index is 1080. The van der Waals surface area contributed by atoms with Crippen LogP contribution in [-0.2, 0) is 17.9 Å². The molecule has 154 valence electrons. The van der Waals surface area contributed by atoms with Crippen LogP contribution in [-0.4, -0.2) is 39.0 Å². The maximum absolute atomic E-state index is 12.1. The van der Waals surface area contributed by atoms with Crippen LogP contribution in [0.4, 0.5) is 5.82 Å². The van der Waals surface area contributed by atoms with E-state index in [0.29, 0.717) is 18.1 Å². The highest BCUT2D eigenvalue weighted by atomic mass is 35.5. The van der Waals surface area contributed by atoms with E-state index in [1.54, 1.807) is 30.4 Å². The molecular weight excluding hydrogens is 402 g/mol. The molecule has 0 radical (unpaired) electrons. The molecule has 8 heteroatoms. The summed E-state index contributed by atoms with van der Waals surface area (Å²) < 4.78 is 5.79. The van der Waals surface area contributed by atoms with Crippen molar-refractivity contribution in [1.29, 1.82) is 0 Å². The molecule has 0 N–H and O–H groups in total. The van der Waals surface area contributed by atoms with Gasteiger partial charge in [-0.25, -0.2) is 4.98 Å². The van der Waals surface area contributed by atoms with Crippen LogP contribution in [0.1, 0.15) is 42.7 Å². The van der Waals surface area contributed by atoms with Gasteiger partial charge in [-0.1, -0.05) is 22.8 Å². The zero-order valence-electron chi connectivity index (χ0n) is 16.7. The topological polar surface area (TPSA) is 75.4 Å². The summed E-state index contributed by atoms with van der Waals surface area (Å²) >= 11 is 6.26. The van der Waals surface area contributed by atoms with E-state index in [1.165, 1.54) is 0 Å². The Labute approximate surface area is 179 Å². The Balaban J connectivity index is 1.47. The number of amides is 1. The van der Waals surface area contributed by atoms with Crippen LogP contribution in [0.25, 0.3) is 11.1 Å². The van der Waals surface area contributed by atoms with Gasteiger partial charge in [0.15, 0.2) is 5.76 Å². The Morgan fingerprint density at radius 1 is 1.20 bits per heavy atom. The van der Waals surface area contributed by atoms with Gasteiger partial charge in [-0.05, 0) is 36.1 Å². The molecule has 2 aromatic heterocycles. The predicted molar refractivity (Wildman–Crippen MR) is 113 cm³/mol. The fourth-order valence-corrected chi connectivity index (χ4v) is 4.64. The monoisotopic (exact) mass is 423 g/mol. The van der Waals surface area contributed by atoms with Crippen molar-refractivity contribution in [3.8, 4) is 11.1 Å². The zero-order chi connectivity index (χ0) is 20.7. The molecule has 1 saturated heterocycles. The first kappa shape index (κ1) is 19.1. The van der Waals surface area contributed by atoms with Crippen molar-refractivity contribution in [2.24, 2.45) is 0 Å². The molecule has 0 unspecified atom stereocenters. The quantitative estimate of drug-likeness (QED) is 0.619. The summed E-state index contributed by atoms with van der Waals surface area (Å²) in [6, 6.07) is 5.85. The number of anilines is 1. The summed E-state index contributed by atoms with van der Waals surface area (Å²) in [7, 11) is 0. The molecule has 0 atom stereocenters. The number of halogens is 1. The Hall–Kier alpha value is -2.93. The molecule has 0 spiro atoms. The van der Waals surface area contributed by atoms with E-state index in [1.807, 2.05) is 18.2 Å². The van der Waals surface area contributed by atoms with Gasteiger partial charge in [-0.3, -0.25) is 9.78 Å². The van der Waals surface area contributed by atoms with Crippen LogP contribution in [0.15, 0.2) is 41.3 Å². The number of rotatable bonds is 2. The average Bonchev–Trinajstić information content (AvgIpc) is 3.10. The van der Waals surface area contributed by atoms with E-state index in [4.69, 9.17) is 16.1 Å². The van der Waals surface area contributed by atoms with Gasteiger partial charge in [0.05, 0.1) is 24.0 Å². The second-order valence-corrected chi connectivity index (χ2v) is 8.30. The average molecular weight is 424 g/mol. The van der Waals surface area contributed by atoms with Gasteiger partial charge < -0.3 is 14.3 Å². The molecule has 4 heterocycles. The third-order valence-corrected chi connectivity index (χ3v) is 6.26. The Morgan fingerprint density at radius 2 is 2.03 bits per heavy atom. The summed E-state index contributed by atoms with van der Waals surface area (Å²) in [6.07, 6.45) is 7.12. The van der Waals surface area contributed by atoms with Gasteiger partial charge in [0.25, 0.3) is 0 Å². The Morgan fingerprint density at radius 3 is 2.77 bits per heavy atom. The number of fused-ring (bicyclic) bond motifs is 3. The molecule has 1 fully saturated rings. The first-order chi connectivity index (χ1) is 14.6. The third-order valence-electron chi connectivity index (χ3n) is 6.02. The van der Waals surface area contributed by atoms with E-state index in [2.05, 4.69) is 20.0 Å². The largest absolute Gasteiger partial charge is 0.359 e. The van der Waals surface area contributed by atoms with Gasteiger partial charge in [-0.2, -0.15) is 0 Å². The number of nitrogens with zero attached hydrogens (tertiary/aromatic N) is 5. The number of hydrogen-bond acceptors (Lipinski definition) is 6. The normalized spacial score (nSPS) is 16.7. The number of carbonyl (C=O) groups is 1. The smallest absolute Gasteiger partial charge is 0.220 e. The maximum atomic E-state index is 12.1. The van der Waals surface area contributed by atoms with Crippen molar-refractivity contribution in [3.63, 3.8) is 0 Å². The summed E-state index contributed by atoms with van der Waals surface area (Å²) in [5, 5.41) is 5.15. The summed E-state index contributed by atoms with van der Waals surface area (Å²) in [5.74, 6) is 1.95. The van der Waals surface area contributed by atoms with E-state index >= 15 is 0 Å². The predicted octanol–water partition coefficient (Wildman–Crippen LogP) is 4.03. The number of hydrogen-bond donors (Lipinski definition) is 0. The van der Waals surface area contributed by atoms with Gasteiger partial charge in [-0.15, -0.1) is 0 Å². The maximum Gasteiger partial charge on any atom is 0.220 e. The van der Waals surface area contributed by atoms with E-state index in [-0.39, 0.29) is 11.8 Å². The van der Waals surface area contributed by atoms with Gasteiger partial charge in [0.1, 0.15) is 5.82 Å². The molecular formula is C22H22ClN5O2. The molecule has 2 aliphatic heterocycles. The standard InChI is InChI=1S/C22H22ClN5O2/c1-14(29)28-12-16-10-17(23)2-3-18(16)21-19(13-28)30-26-22(21)15-4-8-27(9-5-15)20-11-24-6-7-25-20/h2-3,6-7,10-11,15H,4-5,8-9,12-13H2,1H3. The van der Waals surface area contributed by atoms with Crippen molar-refractivity contribution in [1.82, 2.24) is 20.0 Å². The lowest BCUT2D eigenvalue weighted by molar-refractivity contribution is -0.130. The van der Waals surface area contributed by atoms with Gasteiger partial charge >= 0.3 is 0 Å². The Kier molecular flexibility index (Phi) is 4.90. The molecule has 1 amide bonds. The number of piperidine rings is 1. The second-order valence-electron chi connectivity index (χ2n) is 7.87. The van der Waals surface area contributed by atoms with Crippen molar-refractivity contribution >= 4 is 23.3 Å². The summed E-state index contributed by atoms with van der Waals surface area (Å²) in [5.41, 5.74) is 4.10. The fourth-order valence-electron chi connectivity index (χ4n) is 4.44. The highest BCUT2D eigenvalue weighted by Gasteiger charge is 2.32. The number of aromatic nitrogens is 3. The minimum Gasteiger partial charge on any atom is -0.359 e. The number of carbonyl (C=O) groups excluding carboxylic acids is 1. The summed E-state index contributed by atoms with van der Waals surface area (Å²) in [6.45, 7) is 4.28. The van der Waals surface area contributed by atoms with Crippen molar-refractivity contribution < 1.29 is 9.32 Å². The van der Waals surface area contributed by atoms with Gasteiger partial charge in [0, 0.05) is 49.9 Å². The molecule has 2 aliphatic rings. The first-order valence-corrected chi connectivity index (χ1v) is 10.5. The van der Waals surface area contributed by atoms with Crippen LogP contribution in [0.5, 0.6) is 0 Å². The molecule has 1 aromatic carbocycles. The molecule has 5 rings (SSSR count). The number of benzene rings is 1. The molecule has 0 aliphatic carbocycles.